The summed E-state index contributed by atoms with van der Waals surface area (Å²) in [4.78, 5) is 10.1. The highest BCUT2D eigenvalue weighted by atomic mass is 16.6. The molecule has 1 aromatic rings. The topological polar surface area (TPSA) is 75.4 Å². The zero-order chi connectivity index (χ0) is 11.1. The molecule has 0 fully saturated rings. The molecule has 0 atom stereocenters. The molecule has 0 aliphatic rings. The average Bonchev–Trinajstić information content (AvgIpc) is 2.25. The first-order chi connectivity index (χ1) is 7.24. The molecule has 0 aliphatic carbocycles. The van der Waals surface area contributed by atoms with Crippen molar-refractivity contribution in [3.05, 3.63) is 39.9 Å². The predicted molar refractivity (Wildman–Crippen MR) is 56.5 cm³/mol. The van der Waals surface area contributed by atoms with Gasteiger partial charge in [-0.05, 0) is 18.5 Å². The first-order valence-electron chi connectivity index (χ1n) is 4.79. The summed E-state index contributed by atoms with van der Waals surface area (Å²) in [6.45, 7) is 1.45. The molecule has 0 amide bonds. The monoisotopic (exact) mass is 210 g/mol. The van der Waals surface area contributed by atoms with Crippen molar-refractivity contribution in [2.75, 3.05) is 13.2 Å². The number of nitro groups is 1. The Bertz CT molecular complexity index is 328. The summed E-state index contributed by atoms with van der Waals surface area (Å²) in [5.74, 6) is 0. The van der Waals surface area contributed by atoms with Gasteiger partial charge in [0.1, 0.15) is 0 Å². The van der Waals surface area contributed by atoms with Gasteiger partial charge in [-0.2, -0.15) is 0 Å². The molecule has 0 saturated heterocycles. The van der Waals surface area contributed by atoms with Crippen molar-refractivity contribution in [1.82, 2.24) is 5.32 Å². The molecule has 15 heavy (non-hydrogen) atoms. The Kier molecular flexibility index (Phi) is 4.73. The van der Waals surface area contributed by atoms with Crippen LogP contribution in [0.25, 0.3) is 0 Å². The van der Waals surface area contributed by atoms with Gasteiger partial charge in [-0.15, -0.1) is 0 Å². The van der Waals surface area contributed by atoms with E-state index in [4.69, 9.17) is 5.11 Å². The number of rotatable bonds is 6. The Morgan fingerprint density at radius 3 is 2.93 bits per heavy atom. The molecule has 0 aliphatic heterocycles. The lowest BCUT2D eigenvalue weighted by Crippen LogP contribution is -2.15. The molecule has 2 N–H and O–H groups in total. The summed E-state index contributed by atoms with van der Waals surface area (Å²) in [7, 11) is 0. The first kappa shape index (κ1) is 11.6. The van der Waals surface area contributed by atoms with Gasteiger partial charge in [0.25, 0.3) is 5.69 Å². The van der Waals surface area contributed by atoms with Crippen molar-refractivity contribution in [2.24, 2.45) is 0 Å². The van der Waals surface area contributed by atoms with Crippen LogP contribution in [0.3, 0.4) is 0 Å². The SMILES string of the molecule is O=[N+]([O-])c1cccc(CNCCCO)c1. The van der Waals surface area contributed by atoms with E-state index in [1.54, 1.807) is 12.1 Å². The van der Waals surface area contributed by atoms with Gasteiger partial charge in [0.05, 0.1) is 4.92 Å². The maximum absolute atomic E-state index is 10.5. The molecule has 5 heteroatoms. The van der Waals surface area contributed by atoms with Crippen molar-refractivity contribution in [3.8, 4) is 0 Å². The quantitative estimate of drug-likeness (QED) is 0.418. The van der Waals surface area contributed by atoms with E-state index in [9.17, 15) is 10.1 Å². The fraction of sp³-hybridized carbons (Fsp3) is 0.400. The molecule has 0 unspecified atom stereocenters. The van der Waals surface area contributed by atoms with Gasteiger partial charge in [-0.3, -0.25) is 10.1 Å². The highest BCUT2D eigenvalue weighted by Crippen LogP contribution is 2.12. The van der Waals surface area contributed by atoms with Gasteiger partial charge in [-0.25, -0.2) is 0 Å². The van der Waals surface area contributed by atoms with Crippen LogP contribution in [0.5, 0.6) is 0 Å². The van der Waals surface area contributed by atoms with E-state index in [1.807, 2.05) is 6.07 Å². The van der Waals surface area contributed by atoms with Crippen LogP contribution in [-0.4, -0.2) is 23.2 Å². The maximum Gasteiger partial charge on any atom is 0.269 e. The van der Waals surface area contributed by atoms with E-state index in [-0.39, 0.29) is 12.3 Å². The minimum absolute atomic E-state index is 0.108. The van der Waals surface area contributed by atoms with E-state index in [2.05, 4.69) is 5.32 Å². The fourth-order valence-electron chi connectivity index (χ4n) is 1.22. The molecule has 82 valence electrons. The van der Waals surface area contributed by atoms with Gasteiger partial charge in [0.15, 0.2) is 0 Å². The van der Waals surface area contributed by atoms with Crippen LogP contribution in [0, 0.1) is 10.1 Å². The largest absolute Gasteiger partial charge is 0.396 e. The third-order valence-corrected chi connectivity index (χ3v) is 1.96. The van der Waals surface area contributed by atoms with Crippen molar-refractivity contribution in [1.29, 1.82) is 0 Å². The average molecular weight is 210 g/mol. The molecule has 0 spiro atoms. The smallest absolute Gasteiger partial charge is 0.269 e. The molecule has 1 aromatic carbocycles. The number of nitro benzene ring substituents is 1. The lowest BCUT2D eigenvalue weighted by molar-refractivity contribution is -0.384. The number of non-ortho nitro benzene ring substituents is 1. The van der Waals surface area contributed by atoms with Gasteiger partial charge < -0.3 is 10.4 Å². The van der Waals surface area contributed by atoms with E-state index in [1.165, 1.54) is 6.07 Å². The molecule has 0 heterocycles. The van der Waals surface area contributed by atoms with E-state index in [0.29, 0.717) is 19.5 Å². The van der Waals surface area contributed by atoms with Crippen LogP contribution in [0.2, 0.25) is 0 Å². The standard InChI is InChI=1S/C10H14N2O3/c13-6-2-5-11-8-9-3-1-4-10(7-9)12(14)15/h1,3-4,7,11,13H,2,5-6,8H2. The minimum atomic E-state index is -0.406. The normalized spacial score (nSPS) is 10.2. The highest BCUT2D eigenvalue weighted by Gasteiger charge is 2.04. The fourth-order valence-corrected chi connectivity index (χ4v) is 1.22. The van der Waals surface area contributed by atoms with Gasteiger partial charge >= 0.3 is 0 Å². The number of nitrogens with zero attached hydrogens (tertiary/aromatic N) is 1. The second-order valence-corrected chi connectivity index (χ2v) is 3.18. The van der Waals surface area contributed by atoms with Gasteiger partial charge in [-0.1, -0.05) is 12.1 Å². The molecule has 5 nitrogen and oxygen atoms in total. The summed E-state index contributed by atoms with van der Waals surface area (Å²) in [6, 6.07) is 6.52. The van der Waals surface area contributed by atoms with Crippen LogP contribution in [-0.2, 0) is 6.54 Å². The van der Waals surface area contributed by atoms with E-state index in [0.717, 1.165) is 5.56 Å². The molecular weight excluding hydrogens is 196 g/mol. The molecule has 0 bridgehead atoms. The number of benzene rings is 1. The number of hydrogen-bond donors (Lipinski definition) is 2. The van der Waals surface area contributed by atoms with Crippen molar-refractivity contribution in [2.45, 2.75) is 13.0 Å². The first-order valence-corrected chi connectivity index (χ1v) is 4.79. The lowest BCUT2D eigenvalue weighted by Gasteiger charge is -2.03. The molecule has 1 rings (SSSR count). The number of hydrogen-bond acceptors (Lipinski definition) is 4. The highest BCUT2D eigenvalue weighted by molar-refractivity contribution is 5.34. The molecular formula is C10H14N2O3. The third-order valence-electron chi connectivity index (χ3n) is 1.96. The molecule has 0 aromatic heterocycles. The summed E-state index contributed by atoms with van der Waals surface area (Å²) in [5.41, 5.74) is 0.985. The Labute approximate surface area is 87.9 Å². The van der Waals surface area contributed by atoms with Crippen molar-refractivity contribution in [3.63, 3.8) is 0 Å². The Morgan fingerprint density at radius 1 is 1.47 bits per heavy atom. The Hall–Kier alpha value is -1.46. The number of nitrogens with one attached hydrogen (secondary N) is 1. The van der Waals surface area contributed by atoms with Crippen LogP contribution in [0.15, 0.2) is 24.3 Å². The van der Waals surface area contributed by atoms with Crippen LogP contribution in [0.1, 0.15) is 12.0 Å². The maximum atomic E-state index is 10.5. The van der Waals surface area contributed by atoms with Gasteiger partial charge in [0, 0.05) is 25.3 Å². The summed E-state index contributed by atoms with van der Waals surface area (Å²) >= 11 is 0. The summed E-state index contributed by atoms with van der Waals surface area (Å²) in [5, 5.41) is 22.1. The van der Waals surface area contributed by atoms with Crippen LogP contribution in [0.4, 0.5) is 5.69 Å². The van der Waals surface area contributed by atoms with E-state index >= 15 is 0 Å². The van der Waals surface area contributed by atoms with E-state index < -0.39 is 4.92 Å². The summed E-state index contributed by atoms with van der Waals surface area (Å²) < 4.78 is 0. The zero-order valence-corrected chi connectivity index (χ0v) is 8.35. The van der Waals surface area contributed by atoms with Crippen molar-refractivity contribution < 1.29 is 10.0 Å². The Morgan fingerprint density at radius 2 is 2.27 bits per heavy atom. The van der Waals surface area contributed by atoms with Gasteiger partial charge in [0.2, 0.25) is 0 Å². The second-order valence-electron chi connectivity index (χ2n) is 3.18. The molecule has 0 radical (unpaired) electrons. The predicted octanol–water partition coefficient (Wildman–Crippen LogP) is 1.07. The molecule has 0 saturated carbocycles. The lowest BCUT2D eigenvalue weighted by atomic mass is 10.2. The number of aliphatic hydroxyl groups excluding tert-OH is 1. The minimum Gasteiger partial charge on any atom is -0.396 e. The van der Waals surface area contributed by atoms with Crippen molar-refractivity contribution >= 4 is 5.69 Å². The third kappa shape index (κ3) is 4.05. The van der Waals surface area contributed by atoms with Crippen LogP contribution >= 0.6 is 0 Å². The summed E-state index contributed by atoms with van der Waals surface area (Å²) in [6.07, 6.45) is 0.689. The van der Waals surface area contributed by atoms with Crippen LogP contribution < -0.4 is 5.32 Å². The number of aliphatic hydroxyl groups is 1. The second kappa shape index (κ2) is 6.10. The Balaban J connectivity index is 2.47. The zero-order valence-electron chi connectivity index (χ0n) is 8.35.